The molecule has 0 unspecified atom stereocenters. The van der Waals surface area contributed by atoms with Crippen molar-refractivity contribution in [2.75, 3.05) is 6.61 Å². The fourth-order valence-corrected chi connectivity index (χ4v) is 1.22. The maximum absolute atomic E-state index is 10.6. The summed E-state index contributed by atoms with van der Waals surface area (Å²) in [7, 11) is 0. The Hall–Kier alpha value is -1.46. The zero-order chi connectivity index (χ0) is 12.0. The van der Waals surface area contributed by atoms with E-state index in [1.807, 2.05) is 0 Å². The highest BCUT2D eigenvalue weighted by atomic mass is 32.1. The summed E-state index contributed by atoms with van der Waals surface area (Å²) in [6, 6.07) is 6.32. The molecule has 17 heavy (non-hydrogen) atoms. The van der Waals surface area contributed by atoms with E-state index in [-0.39, 0.29) is 13.5 Å². The summed E-state index contributed by atoms with van der Waals surface area (Å²) in [6.07, 6.45) is 1.98. The number of nitrogens with two attached hydrogens (primary N) is 1. The van der Waals surface area contributed by atoms with Crippen molar-refractivity contribution < 1.29 is 14.6 Å². The summed E-state index contributed by atoms with van der Waals surface area (Å²) in [5.41, 5.74) is 6.30. The molecular weight excluding hydrogens is 238 g/mol. The Morgan fingerprint density at radius 2 is 2.06 bits per heavy atom. The number of aliphatic carboxylic acids is 1. The van der Waals surface area contributed by atoms with Gasteiger partial charge in [0.1, 0.15) is 18.4 Å². The second-order valence-corrected chi connectivity index (χ2v) is 3.39. The fraction of sp³-hybridized carbons (Fsp3) is 0.250. The molecule has 0 fully saturated rings. The van der Waals surface area contributed by atoms with E-state index in [4.69, 9.17) is 15.6 Å². The predicted molar refractivity (Wildman–Crippen MR) is 71.8 cm³/mol. The van der Waals surface area contributed by atoms with E-state index < -0.39 is 12.0 Å². The third-order valence-electron chi connectivity index (χ3n) is 2.06. The minimum atomic E-state index is -0.994. The second-order valence-electron chi connectivity index (χ2n) is 3.39. The van der Waals surface area contributed by atoms with E-state index in [0.29, 0.717) is 13.0 Å². The van der Waals surface area contributed by atoms with Gasteiger partial charge in [0.15, 0.2) is 0 Å². The van der Waals surface area contributed by atoms with Crippen LogP contribution in [0.5, 0.6) is 5.75 Å². The van der Waals surface area contributed by atoms with Crippen LogP contribution in [-0.4, -0.2) is 23.7 Å². The number of rotatable bonds is 6. The Kier molecular flexibility index (Phi) is 7.09. The molecule has 0 saturated carbocycles. The van der Waals surface area contributed by atoms with Crippen LogP contribution < -0.4 is 10.5 Å². The van der Waals surface area contributed by atoms with Gasteiger partial charge < -0.3 is 15.6 Å². The largest absolute Gasteiger partial charge is 0.490 e. The van der Waals surface area contributed by atoms with Crippen molar-refractivity contribution in [3.8, 4) is 5.75 Å². The summed E-state index contributed by atoms with van der Waals surface area (Å²) in [6.45, 7) is 4.00. The molecule has 0 aliphatic heterocycles. The molecule has 4 nitrogen and oxygen atoms in total. The molecule has 0 radical (unpaired) electrons. The summed E-state index contributed by atoms with van der Waals surface area (Å²) >= 11 is 0. The van der Waals surface area contributed by atoms with Crippen molar-refractivity contribution in [1.82, 2.24) is 0 Å². The van der Waals surface area contributed by atoms with E-state index >= 15 is 0 Å². The van der Waals surface area contributed by atoms with Crippen LogP contribution in [0.2, 0.25) is 0 Å². The lowest BCUT2D eigenvalue weighted by molar-refractivity contribution is -0.138. The average molecular weight is 255 g/mol. The highest BCUT2D eigenvalue weighted by Gasteiger charge is 2.11. The first-order chi connectivity index (χ1) is 7.63. The number of hydrogen-bond donors (Lipinski definition) is 2. The number of benzene rings is 1. The molecule has 0 aromatic heterocycles. The van der Waals surface area contributed by atoms with Crippen LogP contribution in [0.15, 0.2) is 36.9 Å². The molecule has 0 aliphatic carbocycles. The van der Waals surface area contributed by atoms with Crippen LogP contribution in [-0.2, 0) is 11.2 Å². The van der Waals surface area contributed by atoms with Crippen molar-refractivity contribution >= 4 is 19.5 Å². The molecule has 0 aliphatic rings. The number of ether oxygens (including phenoxy) is 1. The number of carboxylic acid groups (broad SMARTS) is 1. The van der Waals surface area contributed by atoms with Gasteiger partial charge >= 0.3 is 5.97 Å². The molecule has 0 bridgehead atoms. The van der Waals surface area contributed by atoms with Gasteiger partial charge in [0.05, 0.1) is 0 Å². The topological polar surface area (TPSA) is 72.5 Å². The van der Waals surface area contributed by atoms with Crippen molar-refractivity contribution in [3.05, 3.63) is 42.5 Å². The summed E-state index contributed by atoms with van der Waals surface area (Å²) in [4.78, 5) is 10.6. The Labute approximate surface area is 108 Å². The van der Waals surface area contributed by atoms with Crippen LogP contribution in [0.4, 0.5) is 0 Å². The third-order valence-corrected chi connectivity index (χ3v) is 2.06. The first-order valence-electron chi connectivity index (χ1n) is 4.94. The number of carboxylic acids is 1. The zero-order valence-electron chi connectivity index (χ0n) is 9.43. The summed E-state index contributed by atoms with van der Waals surface area (Å²) < 4.78 is 5.30. The molecule has 0 saturated heterocycles. The van der Waals surface area contributed by atoms with E-state index in [2.05, 4.69) is 6.58 Å². The molecular formula is C12H17NO3S. The van der Waals surface area contributed by atoms with Gasteiger partial charge in [-0.25, -0.2) is 0 Å². The Bertz CT molecular complexity index is 365. The standard InChI is InChI=1S/C12H15NO3.H2S/c1-2-7-16-10-5-3-9(4-6-10)8-11(13)12(14)15;/h2-6,11H,1,7-8,13H2,(H,14,15);1H2/t11-;/m0./s1. The van der Waals surface area contributed by atoms with E-state index in [0.717, 1.165) is 11.3 Å². The minimum Gasteiger partial charge on any atom is -0.490 e. The Balaban J connectivity index is 0.00000256. The van der Waals surface area contributed by atoms with Crippen molar-refractivity contribution in [2.24, 2.45) is 5.73 Å². The van der Waals surface area contributed by atoms with Gasteiger partial charge in [0.2, 0.25) is 0 Å². The van der Waals surface area contributed by atoms with Crippen molar-refractivity contribution in [2.45, 2.75) is 12.5 Å². The second kappa shape index (κ2) is 7.76. The average Bonchev–Trinajstić information content (AvgIpc) is 2.28. The predicted octanol–water partition coefficient (Wildman–Crippen LogP) is 1.32. The first kappa shape index (κ1) is 15.5. The molecule has 0 spiro atoms. The lowest BCUT2D eigenvalue weighted by Crippen LogP contribution is -2.32. The zero-order valence-corrected chi connectivity index (χ0v) is 10.4. The molecule has 5 heteroatoms. The van der Waals surface area contributed by atoms with Crippen molar-refractivity contribution in [1.29, 1.82) is 0 Å². The van der Waals surface area contributed by atoms with Gasteiger partial charge in [-0.1, -0.05) is 24.8 Å². The van der Waals surface area contributed by atoms with Gasteiger partial charge in [-0.3, -0.25) is 4.79 Å². The molecule has 1 rings (SSSR count). The van der Waals surface area contributed by atoms with Gasteiger partial charge in [-0.2, -0.15) is 13.5 Å². The van der Waals surface area contributed by atoms with E-state index in [1.54, 1.807) is 30.3 Å². The molecule has 1 aromatic carbocycles. The van der Waals surface area contributed by atoms with Gasteiger partial charge in [-0.15, -0.1) is 0 Å². The van der Waals surface area contributed by atoms with Crippen LogP contribution in [0, 0.1) is 0 Å². The maximum atomic E-state index is 10.6. The summed E-state index contributed by atoms with van der Waals surface area (Å²) in [5.74, 6) is -0.264. The van der Waals surface area contributed by atoms with E-state index in [9.17, 15) is 4.79 Å². The molecule has 3 N–H and O–H groups in total. The minimum absolute atomic E-state index is 0. The monoisotopic (exact) mass is 255 g/mol. The first-order valence-corrected chi connectivity index (χ1v) is 4.94. The highest BCUT2D eigenvalue weighted by molar-refractivity contribution is 7.59. The SMILES string of the molecule is C=CCOc1ccc(C[C@H](N)C(=O)O)cc1.S. The van der Waals surface area contributed by atoms with Crippen LogP contribution in [0.25, 0.3) is 0 Å². The maximum Gasteiger partial charge on any atom is 0.320 e. The fourth-order valence-electron chi connectivity index (χ4n) is 1.22. The van der Waals surface area contributed by atoms with Crippen LogP contribution in [0.1, 0.15) is 5.56 Å². The lowest BCUT2D eigenvalue weighted by atomic mass is 10.1. The smallest absolute Gasteiger partial charge is 0.320 e. The Morgan fingerprint density at radius 1 is 1.47 bits per heavy atom. The molecule has 1 atom stereocenters. The van der Waals surface area contributed by atoms with Gasteiger partial charge in [-0.05, 0) is 24.1 Å². The normalized spacial score (nSPS) is 11.1. The quantitative estimate of drug-likeness (QED) is 0.752. The van der Waals surface area contributed by atoms with Gasteiger partial charge in [0, 0.05) is 0 Å². The Morgan fingerprint density at radius 3 is 2.53 bits per heavy atom. The van der Waals surface area contributed by atoms with Crippen LogP contribution in [0.3, 0.4) is 0 Å². The van der Waals surface area contributed by atoms with Gasteiger partial charge in [0.25, 0.3) is 0 Å². The number of hydrogen-bond acceptors (Lipinski definition) is 3. The molecule has 0 heterocycles. The number of carbonyl (C=O) groups is 1. The van der Waals surface area contributed by atoms with E-state index in [1.165, 1.54) is 0 Å². The van der Waals surface area contributed by atoms with Crippen molar-refractivity contribution in [3.63, 3.8) is 0 Å². The molecule has 0 amide bonds. The highest BCUT2D eigenvalue weighted by Crippen LogP contribution is 2.13. The molecule has 94 valence electrons. The lowest BCUT2D eigenvalue weighted by Gasteiger charge is -2.07. The summed E-state index contributed by atoms with van der Waals surface area (Å²) in [5, 5.41) is 8.65. The molecule has 1 aromatic rings. The van der Waals surface area contributed by atoms with Crippen LogP contribution >= 0.6 is 13.5 Å². The third kappa shape index (κ3) is 5.42.